The van der Waals surface area contributed by atoms with E-state index < -0.39 is 11.8 Å². The summed E-state index contributed by atoms with van der Waals surface area (Å²) in [5, 5.41) is 21.8. The van der Waals surface area contributed by atoms with E-state index in [1.807, 2.05) is 18.2 Å². The number of aliphatic hydroxyl groups excluding tert-OH is 1. The first-order valence-electron chi connectivity index (χ1n) is 15.2. The Morgan fingerprint density at radius 1 is 0.854 bits per heavy atom. The van der Waals surface area contributed by atoms with Crippen LogP contribution in [0.5, 0.6) is 0 Å². The van der Waals surface area contributed by atoms with E-state index in [-0.39, 0.29) is 6.54 Å². The number of aliphatic hydroxyl groups is 2. The first-order chi connectivity index (χ1) is 19.4. The summed E-state index contributed by atoms with van der Waals surface area (Å²) in [6.07, 6.45) is 1.46. The third kappa shape index (κ3) is 6.72. The number of hydrogen-bond acceptors (Lipinski definition) is 9. The van der Waals surface area contributed by atoms with Gasteiger partial charge >= 0.3 is 0 Å². The van der Waals surface area contributed by atoms with Crippen LogP contribution in [0, 0.1) is 23.7 Å². The minimum Gasteiger partial charge on any atom is -0.389 e. The van der Waals surface area contributed by atoms with Gasteiger partial charge in [0.05, 0.1) is 12.1 Å². The van der Waals surface area contributed by atoms with Crippen molar-refractivity contribution in [3.8, 4) is 11.3 Å². The van der Waals surface area contributed by atoms with Crippen LogP contribution in [0.25, 0.3) is 22.4 Å². The van der Waals surface area contributed by atoms with Gasteiger partial charge in [-0.1, -0.05) is 58.0 Å². The highest BCUT2D eigenvalue weighted by atomic mass is 16.3. The molecule has 0 saturated carbocycles. The van der Waals surface area contributed by atoms with E-state index in [0.717, 1.165) is 43.3 Å². The first kappa shape index (κ1) is 29.5. The molecule has 41 heavy (non-hydrogen) atoms. The zero-order valence-electron chi connectivity index (χ0n) is 25.7. The van der Waals surface area contributed by atoms with Crippen molar-refractivity contribution in [1.82, 2.24) is 19.9 Å². The van der Waals surface area contributed by atoms with Gasteiger partial charge in [-0.25, -0.2) is 9.97 Å². The van der Waals surface area contributed by atoms with Crippen molar-refractivity contribution >= 4 is 28.7 Å². The van der Waals surface area contributed by atoms with E-state index in [0.29, 0.717) is 46.6 Å². The smallest absolute Gasteiger partial charge is 0.229 e. The van der Waals surface area contributed by atoms with Crippen LogP contribution in [-0.2, 0) is 0 Å². The highest BCUT2D eigenvalue weighted by Crippen LogP contribution is 2.37. The summed E-state index contributed by atoms with van der Waals surface area (Å²) in [6, 6.07) is 10.2. The molecule has 5 rings (SSSR count). The Morgan fingerprint density at radius 2 is 1.41 bits per heavy atom. The van der Waals surface area contributed by atoms with Gasteiger partial charge in [0.2, 0.25) is 5.95 Å². The standard InChI is InChI=1S/C32H47N7O2/c1-20-13-21(2)16-37(15-20)29-26(25-11-9-8-10-12-25)33-27-28(34-29)35-31(38-17-22(3)14-23(4)18-38)36-30(27)39(24(5)40)19-32(6,7)41/h8-12,20-24,40-41H,13-19H2,1-7H3. The van der Waals surface area contributed by atoms with Crippen LogP contribution < -0.4 is 14.7 Å². The summed E-state index contributed by atoms with van der Waals surface area (Å²) in [7, 11) is 0. The lowest BCUT2D eigenvalue weighted by molar-refractivity contribution is 0.0713. The molecule has 222 valence electrons. The fraction of sp³-hybridized carbons (Fsp3) is 0.625. The van der Waals surface area contributed by atoms with Crippen molar-refractivity contribution in [3.05, 3.63) is 30.3 Å². The van der Waals surface area contributed by atoms with Crippen LogP contribution in [0.3, 0.4) is 0 Å². The van der Waals surface area contributed by atoms with Gasteiger partial charge in [0, 0.05) is 31.7 Å². The van der Waals surface area contributed by atoms with Crippen LogP contribution in [0.1, 0.15) is 61.3 Å². The number of rotatable bonds is 7. The maximum atomic E-state index is 11.0. The third-order valence-electron chi connectivity index (χ3n) is 8.13. The molecule has 0 bridgehead atoms. The molecule has 0 spiro atoms. The SMILES string of the molecule is CC1CC(C)CN(c2nc(N(CC(C)(C)O)C(C)O)c3nc(-c4ccccc4)c(N4CC(C)CC(C)C4)nc3n2)C1. The van der Waals surface area contributed by atoms with Gasteiger partial charge in [0.1, 0.15) is 11.9 Å². The molecule has 3 aromatic rings. The molecule has 5 unspecified atom stereocenters. The van der Waals surface area contributed by atoms with Crippen molar-refractivity contribution in [2.24, 2.45) is 23.7 Å². The number of nitrogens with zero attached hydrogens (tertiary/aromatic N) is 7. The van der Waals surface area contributed by atoms with Gasteiger partial charge in [0.15, 0.2) is 22.8 Å². The molecular formula is C32H47N7O2. The van der Waals surface area contributed by atoms with Crippen molar-refractivity contribution in [1.29, 1.82) is 0 Å². The lowest BCUT2D eigenvalue weighted by Gasteiger charge is -2.37. The first-order valence-corrected chi connectivity index (χ1v) is 15.2. The molecule has 2 saturated heterocycles. The molecule has 0 radical (unpaired) electrons. The predicted octanol–water partition coefficient (Wildman–Crippen LogP) is 4.97. The Labute approximate surface area is 244 Å². The molecular weight excluding hydrogens is 514 g/mol. The van der Waals surface area contributed by atoms with Crippen molar-refractivity contribution < 1.29 is 10.2 Å². The van der Waals surface area contributed by atoms with E-state index in [1.165, 1.54) is 12.8 Å². The van der Waals surface area contributed by atoms with Gasteiger partial charge in [-0.2, -0.15) is 9.97 Å². The van der Waals surface area contributed by atoms with Crippen LogP contribution >= 0.6 is 0 Å². The Kier molecular flexibility index (Phi) is 8.39. The van der Waals surface area contributed by atoms with Gasteiger partial charge in [-0.15, -0.1) is 0 Å². The maximum Gasteiger partial charge on any atom is 0.229 e. The summed E-state index contributed by atoms with van der Waals surface area (Å²) in [4.78, 5) is 26.9. The number of hydrogen-bond donors (Lipinski definition) is 2. The molecule has 2 N–H and O–H groups in total. The predicted molar refractivity (Wildman–Crippen MR) is 166 cm³/mol. The Hall–Kier alpha value is -3.04. The second-order valence-electron chi connectivity index (χ2n) is 13.6. The van der Waals surface area contributed by atoms with Crippen LogP contribution in [0.4, 0.5) is 17.6 Å². The highest BCUT2D eigenvalue weighted by Gasteiger charge is 2.32. The molecule has 2 fully saturated rings. The van der Waals surface area contributed by atoms with Gasteiger partial charge in [-0.3, -0.25) is 0 Å². The Bertz CT molecular complexity index is 1320. The number of fused-ring (bicyclic) bond motifs is 1. The monoisotopic (exact) mass is 561 g/mol. The number of benzene rings is 1. The summed E-state index contributed by atoms with van der Waals surface area (Å²) in [6.45, 7) is 18.0. The largest absolute Gasteiger partial charge is 0.389 e. The molecule has 2 aromatic heterocycles. The minimum atomic E-state index is -1.07. The molecule has 9 nitrogen and oxygen atoms in total. The van der Waals surface area contributed by atoms with E-state index in [2.05, 4.69) is 49.6 Å². The fourth-order valence-corrected chi connectivity index (χ4v) is 6.73. The molecule has 0 aliphatic carbocycles. The Morgan fingerprint density at radius 3 is 1.95 bits per heavy atom. The zero-order valence-corrected chi connectivity index (χ0v) is 25.7. The van der Waals surface area contributed by atoms with Crippen LogP contribution in [0.2, 0.25) is 0 Å². The molecule has 1 aromatic carbocycles. The third-order valence-corrected chi connectivity index (χ3v) is 8.13. The molecule has 9 heteroatoms. The van der Waals surface area contributed by atoms with E-state index in [9.17, 15) is 10.2 Å². The highest BCUT2D eigenvalue weighted by molar-refractivity contribution is 5.89. The zero-order chi connectivity index (χ0) is 29.5. The van der Waals surface area contributed by atoms with E-state index >= 15 is 0 Å². The lowest BCUT2D eigenvalue weighted by Crippen LogP contribution is -2.45. The molecule has 2 aliphatic rings. The normalized spacial score (nSPS) is 24.5. The van der Waals surface area contributed by atoms with Crippen molar-refractivity contribution in [3.63, 3.8) is 0 Å². The van der Waals surface area contributed by atoms with E-state index in [1.54, 1.807) is 25.7 Å². The van der Waals surface area contributed by atoms with Crippen molar-refractivity contribution in [2.75, 3.05) is 47.4 Å². The second kappa shape index (κ2) is 11.7. The number of anilines is 3. The summed E-state index contributed by atoms with van der Waals surface area (Å²) in [5.41, 5.74) is 1.72. The number of aromatic nitrogens is 4. The average molecular weight is 562 g/mol. The lowest BCUT2D eigenvalue weighted by atomic mass is 9.91. The Balaban J connectivity index is 1.76. The molecule has 4 heterocycles. The average Bonchev–Trinajstić information content (AvgIpc) is 2.89. The fourth-order valence-electron chi connectivity index (χ4n) is 6.73. The molecule has 2 aliphatic heterocycles. The summed E-state index contributed by atoms with van der Waals surface area (Å²) < 4.78 is 0. The summed E-state index contributed by atoms with van der Waals surface area (Å²) in [5.74, 6) is 4.05. The topological polar surface area (TPSA) is 102 Å². The number of piperidine rings is 2. The second-order valence-corrected chi connectivity index (χ2v) is 13.6. The quantitative estimate of drug-likeness (QED) is 0.387. The minimum absolute atomic E-state index is 0.175. The maximum absolute atomic E-state index is 11.0. The molecule has 5 atom stereocenters. The van der Waals surface area contributed by atoms with Gasteiger partial charge in [-0.05, 0) is 57.3 Å². The van der Waals surface area contributed by atoms with Crippen LogP contribution in [0.15, 0.2) is 30.3 Å². The van der Waals surface area contributed by atoms with Crippen LogP contribution in [-0.4, -0.2) is 74.7 Å². The van der Waals surface area contributed by atoms with Gasteiger partial charge in [0.25, 0.3) is 0 Å². The van der Waals surface area contributed by atoms with Gasteiger partial charge < -0.3 is 24.9 Å². The summed E-state index contributed by atoms with van der Waals surface area (Å²) >= 11 is 0. The van der Waals surface area contributed by atoms with E-state index in [4.69, 9.17) is 19.9 Å². The molecule has 0 amide bonds. The van der Waals surface area contributed by atoms with Crippen molar-refractivity contribution in [2.45, 2.75) is 73.1 Å².